The Kier molecular flexibility index (Phi) is 4.57. The minimum Gasteiger partial charge on any atom is -0.339 e. The molecule has 0 aromatic carbocycles. The molecule has 2 N–H and O–H groups in total. The van der Waals surface area contributed by atoms with Crippen molar-refractivity contribution in [1.29, 1.82) is 0 Å². The molecule has 0 spiro atoms. The van der Waals surface area contributed by atoms with Crippen LogP contribution in [0.5, 0.6) is 0 Å². The van der Waals surface area contributed by atoms with Crippen LogP contribution in [-0.4, -0.2) is 59.7 Å². The molecule has 6 nitrogen and oxygen atoms in total. The Morgan fingerprint density at radius 3 is 2.86 bits per heavy atom. The van der Waals surface area contributed by atoms with E-state index in [0.29, 0.717) is 5.92 Å². The maximum absolute atomic E-state index is 6.07. The molecule has 1 aromatic heterocycles. The summed E-state index contributed by atoms with van der Waals surface area (Å²) in [6.45, 7) is 3.16. The van der Waals surface area contributed by atoms with Crippen molar-refractivity contribution in [3.63, 3.8) is 0 Å². The maximum Gasteiger partial charge on any atom is 0.229 e. The van der Waals surface area contributed by atoms with Crippen molar-refractivity contribution in [2.45, 2.75) is 50.1 Å². The molecular formula is C15H27N5O. The smallest absolute Gasteiger partial charge is 0.229 e. The molecule has 1 aliphatic carbocycles. The fraction of sp³-hybridized carbons (Fsp3) is 0.867. The lowest BCUT2D eigenvalue weighted by molar-refractivity contribution is 0.214. The van der Waals surface area contributed by atoms with Crippen LogP contribution in [0.1, 0.15) is 55.8 Å². The van der Waals surface area contributed by atoms with Crippen LogP contribution in [0.3, 0.4) is 0 Å². The summed E-state index contributed by atoms with van der Waals surface area (Å²) in [6.07, 6.45) is 5.56. The lowest BCUT2D eigenvalue weighted by Gasteiger charge is -2.25. The van der Waals surface area contributed by atoms with Gasteiger partial charge in [-0.2, -0.15) is 4.98 Å². The van der Waals surface area contributed by atoms with Gasteiger partial charge in [-0.15, -0.1) is 0 Å². The number of hydrogen-bond donors (Lipinski definition) is 1. The molecule has 21 heavy (non-hydrogen) atoms. The van der Waals surface area contributed by atoms with Crippen molar-refractivity contribution in [2.24, 2.45) is 5.73 Å². The molecule has 1 saturated heterocycles. The third-order valence-corrected chi connectivity index (χ3v) is 4.89. The maximum atomic E-state index is 6.07. The summed E-state index contributed by atoms with van der Waals surface area (Å²) >= 11 is 0. The van der Waals surface area contributed by atoms with Gasteiger partial charge in [0.1, 0.15) is 0 Å². The molecular weight excluding hydrogens is 266 g/mol. The van der Waals surface area contributed by atoms with Gasteiger partial charge in [0, 0.05) is 18.5 Å². The molecule has 2 fully saturated rings. The highest BCUT2D eigenvalue weighted by molar-refractivity contribution is 5.02. The Bertz CT molecular complexity index is 463. The fourth-order valence-electron chi connectivity index (χ4n) is 3.55. The van der Waals surface area contributed by atoms with E-state index in [4.69, 9.17) is 15.2 Å². The SMILES string of the molecule is CN1CCCN(C)C(c2noc(C3CCCC(N)C3)n2)C1. The Morgan fingerprint density at radius 1 is 1.19 bits per heavy atom. The van der Waals surface area contributed by atoms with Gasteiger partial charge in [-0.3, -0.25) is 4.90 Å². The molecule has 2 heterocycles. The van der Waals surface area contributed by atoms with Crippen LogP contribution in [0.25, 0.3) is 0 Å². The van der Waals surface area contributed by atoms with Crippen molar-refractivity contribution in [1.82, 2.24) is 19.9 Å². The molecule has 2 aliphatic rings. The van der Waals surface area contributed by atoms with Gasteiger partial charge in [0.25, 0.3) is 0 Å². The third-order valence-electron chi connectivity index (χ3n) is 4.89. The lowest BCUT2D eigenvalue weighted by atomic mass is 9.86. The second-order valence-electron chi connectivity index (χ2n) is 6.73. The van der Waals surface area contributed by atoms with Gasteiger partial charge in [-0.05, 0) is 52.9 Å². The van der Waals surface area contributed by atoms with Crippen LogP contribution in [0, 0.1) is 0 Å². The molecule has 3 rings (SSSR count). The van der Waals surface area contributed by atoms with Crippen LogP contribution in [0.2, 0.25) is 0 Å². The van der Waals surface area contributed by atoms with E-state index in [1.165, 1.54) is 6.42 Å². The van der Waals surface area contributed by atoms with Crippen molar-refractivity contribution in [3.8, 4) is 0 Å². The van der Waals surface area contributed by atoms with Crippen LogP contribution < -0.4 is 5.73 Å². The zero-order chi connectivity index (χ0) is 14.8. The molecule has 1 saturated carbocycles. The van der Waals surface area contributed by atoms with Gasteiger partial charge in [0.2, 0.25) is 5.89 Å². The summed E-state index contributed by atoms with van der Waals surface area (Å²) in [5.41, 5.74) is 6.07. The molecule has 3 unspecified atom stereocenters. The minimum absolute atomic E-state index is 0.229. The first-order valence-electron chi connectivity index (χ1n) is 8.11. The monoisotopic (exact) mass is 293 g/mol. The van der Waals surface area contributed by atoms with Gasteiger partial charge >= 0.3 is 0 Å². The van der Waals surface area contributed by atoms with Crippen LogP contribution in [0.4, 0.5) is 0 Å². The van der Waals surface area contributed by atoms with Crippen LogP contribution >= 0.6 is 0 Å². The third kappa shape index (κ3) is 3.44. The number of rotatable bonds is 2. The summed E-state index contributed by atoms with van der Waals surface area (Å²) in [4.78, 5) is 9.40. The first-order valence-corrected chi connectivity index (χ1v) is 8.11. The Balaban J connectivity index is 1.74. The zero-order valence-corrected chi connectivity index (χ0v) is 13.2. The molecule has 0 bridgehead atoms. The molecule has 0 amide bonds. The summed E-state index contributed by atoms with van der Waals surface area (Å²) < 4.78 is 5.57. The number of aromatic nitrogens is 2. The van der Waals surface area contributed by atoms with Gasteiger partial charge in [-0.1, -0.05) is 11.6 Å². The largest absolute Gasteiger partial charge is 0.339 e. The fourth-order valence-corrected chi connectivity index (χ4v) is 3.55. The van der Waals surface area contributed by atoms with E-state index in [2.05, 4.69) is 29.1 Å². The molecule has 1 aliphatic heterocycles. The van der Waals surface area contributed by atoms with E-state index >= 15 is 0 Å². The summed E-state index contributed by atoms with van der Waals surface area (Å²) in [6, 6.07) is 0.512. The van der Waals surface area contributed by atoms with Crippen molar-refractivity contribution in [3.05, 3.63) is 11.7 Å². The predicted molar refractivity (Wildman–Crippen MR) is 81.0 cm³/mol. The van der Waals surface area contributed by atoms with E-state index < -0.39 is 0 Å². The van der Waals surface area contributed by atoms with Crippen LogP contribution in [-0.2, 0) is 0 Å². The Morgan fingerprint density at radius 2 is 2.05 bits per heavy atom. The molecule has 118 valence electrons. The quantitative estimate of drug-likeness (QED) is 0.888. The number of hydrogen-bond acceptors (Lipinski definition) is 6. The Labute approximate surface area is 126 Å². The molecule has 0 radical (unpaired) electrons. The van der Waals surface area contributed by atoms with Crippen molar-refractivity contribution >= 4 is 0 Å². The minimum atomic E-state index is 0.229. The summed E-state index contributed by atoms with van der Waals surface area (Å²) in [5, 5.41) is 4.27. The first-order chi connectivity index (χ1) is 10.1. The number of nitrogens with zero attached hydrogens (tertiary/aromatic N) is 4. The molecule has 3 atom stereocenters. The summed E-state index contributed by atoms with van der Waals surface area (Å²) in [7, 11) is 4.31. The van der Waals surface area contributed by atoms with E-state index in [1.807, 2.05) is 0 Å². The predicted octanol–water partition coefficient (Wildman–Crippen LogP) is 1.36. The van der Waals surface area contributed by atoms with E-state index in [9.17, 15) is 0 Å². The van der Waals surface area contributed by atoms with E-state index in [1.54, 1.807) is 0 Å². The van der Waals surface area contributed by atoms with Crippen LogP contribution in [0.15, 0.2) is 4.52 Å². The van der Waals surface area contributed by atoms with E-state index in [-0.39, 0.29) is 12.1 Å². The number of nitrogens with two attached hydrogens (primary N) is 1. The second kappa shape index (κ2) is 6.42. The average molecular weight is 293 g/mol. The Hall–Kier alpha value is -0.980. The van der Waals surface area contributed by atoms with Gasteiger partial charge in [-0.25, -0.2) is 0 Å². The highest BCUT2D eigenvalue weighted by Crippen LogP contribution is 2.32. The molecule has 6 heteroatoms. The highest BCUT2D eigenvalue weighted by Gasteiger charge is 2.30. The lowest BCUT2D eigenvalue weighted by Crippen LogP contribution is -2.31. The summed E-state index contributed by atoms with van der Waals surface area (Å²) in [5.74, 6) is 1.98. The molecule has 1 aromatic rings. The van der Waals surface area contributed by atoms with Crippen molar-refractivity contribution in [2.75, 3.05) is 33.7 Å². The van der Waals surface area contributed by atoms with Gasteiger partial charge < -0.3 is 15.2 Å². The average Bonchev–Trinajstić information content (AvgIpc) is 2.87. The topological polar surface area (TPSA) is 71.4 Å². The standard InChI is InChI=1S/C15H27N5O/c1-19-7-4-8-20(2)13(10-19)14-17-15(21-18-14)11-5-3-6-12(16)9-11/h11-13H,3-10,16H2,1-2H3. The first kappa shape index (κ1) is 14.9. The zero-order valence-electron chi connectivity index (χ0n) is 13.2. The van der Waals surface area contributed by atoms with Gasteiger partial charge in [0.05, 0.1) is 6.04 Å². The van der Waals surface area contributed by atoms with Crippen molar-refractivity contribution < 1.29 is 4.52 Å². The second-order valence-corrected chi connectivity index (χ2v) is 6.73. The highest BCUT2D eigenvalue weighted by atomic mass is 16.5. The number of likely N-dealkylation sites (N-methyl/N-ethyl adjacent to an activating group) is 2. The van der Waals surface area contributed by atoms with Gasteiger partial charge in [0.15, 0.2) is 5.82 Å². The normalized spacial score (nSPS) is 33.0. The van der Waals surface area contributed by atoms with E-state index in [0.717, 1.165) is 57.0 Å².